The van der Waals surface area contributed by atoms with Gasteiger partial charge in [0.05, 0.1) is 11.6 Å². The van der Waals surface area contributed by atoms with Gasteiger partial charge in [-0.05, 0) is 35.2 Å². The second kappa shape index (κ2) is 6.09. The van der Waals surface area contributed by atoms with Gasteiger partial charge in [0.25, 0.3) is 0 Å². The standard InChI is InChI=1S/C18H19N3/c19-11-14-5-7-15(8-6-14)13-21-10-9-16-3-1-2-4-17(16)18(21)12-20/h1-8,18H,9-10,12-13,20H2. The Hall–Kier alpha value is -2.15. The van der Waals surface area contributed by atoms with Crippen LogP contribution in [0.2, 0.25) is 0 Å². The summed E-state index contributed by atoms with van der Waals surface area (Å²) in [6, 6.07) is 18.9. The lowest BCUT2D eigenvalue weighted by Gasteiger charge is -2.36. The van der Waals surface area contributed by atoms with E-state index >= 15 is 0 Å². The van der Waals surface area contributed by atoms with Gasteiger partial charge in [0, 0.05) is 25.7 Å². The van der Waals surface area contributed by atoms with Crippen molar-refractivity contribution in [3.05, 3.63) is 70.8 Å². The van der Waals surface area contributed by atoms with Gasteiger partial charge >= 0.3 is 0 Å². The Morgan fingerprint density at radius 1 is 1.14 bits per heavy atom. The fraction of sp³-hybridized carbons (Fsp3) is 0.278. The summed E-state index contributed by atoms with van der Waals surface area (Å²) in [5.41, 5.74) is 10.7. The first-order chi connectivity index (χ1) is 10.3. The summed E-state index contributed by atoms with van der Waals surface area (Å²) in [4.78, 5) is 2.43. The molecule has 21 heavy (non-hydrogen) atoms. The zero-order valence-corrected chi connectivity index (χ0v) is 12.0. The number of fused-ring (bicyclic) bond motifs is 1. The second-order valence-corrected chi connectivity index (χ2v) is 5.48. The fourth-order valence-corrected chi connectivity index (χ4v) is 3.09. The van der Waals surface area contributed by atoms with Crippen LogP contribution in [0.25, 0.3) is 0 Å². The molecule has 2 aromatic rings. The molecule has 0 radical (unpaired) electrons. The minimum atomic E-state index is 0.283. The molecular formula is C18H19N3. The lowest BCUT2D eigenvalue weighted by molar-refractivity contribution is 0.181. The van der Waals surface area contributed by atoms with Crippen LogP contribution in [0.3, 0.4) is 0 Å². The minimum Gasteiger partial charge on any atom is -0.329 e. The minimum absolute atomic E-state index is 0.283. The number of nitrogens with zero attached hydrogens (tertiary/aromatic N) is 2. The summed E-state index contributed by atoms with van der Waals surface area (Å²) in [6.45, 7) is 2.54. The van der Waals surface area contributed by atoms with Crippen LogP contribution in [0.1, 0.15) is 28.3 Å². The maximum absolute atomic E-state index is 8.86. The molecule has 2 N–H and O–H groups in total. The third kappa shape index (κ3) is 2.82. The monoisotopic (exact) mass is 277 g/mol. The van der Waals surface area contributed by atoms with Gasteiger partial charge in [-0.25, -0.2) is 0 Å². The quantitative estimate of drug-likeness (QED) is 0.938. The highest BCUT2D eigenvalue weighted by Gasteiger charge is 2.25. The molecule has 0 spiro atoms. The lowest BCUT2D eigenvalue weighted by Crippen LogP contribution is -2.38. The van der Waals surface area contributed by atoms with Gasteiger partial charge in [0.2, 0.25) is 0 Å². The molecule has 0 fully saturated rings. The molecule has 106 valence electrons. The normalized spacial score (nSPS) is 18.0. The highest BCUT2D eigenvalue weighted by molar-refractivity contribution is 5.34. The van der Waals surface area contributed by atoms with Gasteiger partial charge in [0.1, 0.15) is 0 Å². The third-order valence-electron chi connectivity index (χ3n) is 4.22. The van der Waals surface area contributed by atoms with Crippen LogP contribution >= 0.6 is 0 Å². The molecular weight excluding hydrogens is 258 g/mol. The molecule has 0 saturated carbocycles. The molecule has 0 saturated heterocycles. The molecule has 0 amide bonds. The lowest BCUT2D eigenvalue weighted by atomic mass is 9.92. The molecule has 1 aliphatic rings. The Kier molecular flexibility index (Phi) is 4.01. The van der Waals surface area contributed by atoms with Gasteiger partial charge in [-0.3, -0.25) is 4.90 Å². The van der Waals surface area contributed by atoms with E-state index in [-0.39, 0.29) is 6.04 Å². The van der Waals surface area contributed by atoms with Crippen molar-refractivity contribution in [3.8, 4) is 6.07 Å². The first-order valence-electron chi connectivity index (χ1n) is 7.33. The predicted octanol–water partition coefficient (Wildman–Crippen LogP) is 2.62. The number of nitrogens with two attached hydrogens (primary N) is 1. The molecule has 1 atom stereocenters. The SMILES string of the molecule is N#Cc1ccc(CN2CCc3ccccc3C2CN)cc1. The van der Waals surface area contributed by atoms with Gasteiger partial charge in [-0.15, -0.1) is 0 Å². The average Bonchev–Trinajstić information content (AvgIpc) is 2.55. The van der Waals surface area contributed by atoms with Crippen LogP contribution in [0.5, 0.6) is 0 Å². The Morgan fingerprint density at radius 3 is 2.62 bits per heavy atom. The van der Waals surface area contributed by atoms with Gasteiger partial charge < -0.3 is 5.73 Å². The van der Waals surface area contributed by atoms with E-state index in [1.807, 2.05) is 24.3 Å². The van der Waals surface area contributed by atoms with Crippen LogP contribution in [0, 0.1) is 11.3 Å². The van der Waals surface area contributed by atoms with Crippen LogP contribution in [0.4, 0.5) is 0 Å². The fourth-order valence-electron chi connectivity index (χ4n) is 3.09. The van der Waals surface area contributed by atoms with Crippen molar-refractivity contribution in [2.45, 2.75) is 19.0 Å². The van der Waals surface area contributed by atoms with E-state index in [0.717, 1.165) is 19.5 Å². The molecule has 0 aromatic heterocycles. The molecule has 1 heterocycles. The Bertz CT molecular complexity index is 655. The zero-order valence-electron chi connectivity index (χ0n) is 12.0. The number of hydrogen-bond acceptors (Lipinski definition) is 3. The number of rotatable bonds is 3. The van der Waals surface area contributed by atoms with E-state index in [4.69, 9.17) is 11.0 Å². The van der Waals surface area contributed by atoms with E-state index in [1.165, 1.54) is 16.7 Å². The Morgan fingerprint density at radius 2 is 1.90 bits per heavy atom. The van der Waals surface area contributed by atoms with Crippen molar-refractivity contribution < 1.29 is 0 Å². The van der Waals surface area contributed by atoms with E-state index in [9.17, 15) is 0 Å². The van der Waals surface area contributed by atoms with Crippen molar-refractivity contribution >= 4 is 0 Å². The molecule has 3 rings (SSSR count). The van der Waals surface area contributed by atoms with E-state index in [0.29, 0.717) is 12.1 Å². The maximum atomic E-state index is 8.86. The molecule has 1 aliphatic heterocycles. The molecule has 3 nitrogen and oxygen atoms in total. The largest absolute Gasteiger partial charge is 0.329 e. The highest BCUT2D eigenvalue weighted by atomic mass is 15.2. The van der Waals surface area contributed by atoms with Crippen molar-refractivity contribution in [1.82, 2.24) is 4.90 Å². The summed E-state index contributed by atoms with van der Waals surface area (Å²) in [5.74, 6) is 0. The summed E-state index contributed by atoms with van der Waals surface area (Å²) in [5, 5.41) is 8.86. The Labute approximate surface area is 125 Å². The Balaban J connectivity index is 1.81. The van der Waals surface area contributed by atoms with Crippen molar-refractivity contribution in [3.63, 3.8) is 0 Å². The predicted molar refractivity (Wildman–Crippen MR) is 83.5 cm³/mol. The van der Waals surface area contributed by atoms with Crippen LogP contribution in [-0.4, -0.2) is 18.0 Å². The molecule has 1 unspecified atom stereocenters. The molecule has 3 heteroatoms. The summed E-state index contributed by atoms with van der Waals surface area (Å²) in [6.07, 6.45) is 1.07. The summed E-state index contributed by atoms with van der Waals surface area (Å²) >= 11 is 0. The summed E-state index contributed by atoms with van der Waals surface area (Å²) in [7, 11) is 0. The van der Waals surface area contributed by atoms with Crippen LogP contribution in [0.15, 0.2) is 48.5 Å². The highest BCUT2D eigenvalue weighted by Crippen LogP contribution is 2.30. The zero-order chi connectivity index (χ0) is 14.7. The third-order valence-corrected chi connectivity index (χ3v) is 4.22. The van der Waals surface area contributed by atoms with Crippen LogP contribution < -0.4 is 5.73 Å². The average molecular weight is 277 g/mol. The number of hydrogen-bond donors (Lipinski definition) is 1. The van der Waals surface area contributed by atoms with Crippen molar-refractivity contribution in [1.29, 1.82) is 5.26 Å². The summed E-state index contributed by atoms with van der Waals surface area (Å²) < 4.78 is 0. The first kappa shape index (κ1) is 13.8. The first-order valence-corrected chi connectivity index (χ1v) is 7.33. The van der Waals surface area contributed by atoms with Gasteiger partial charge in [-0.2, -0.15) is 5.26 Å². The second-order valence-electron chi connectivity index (χ2n) is 5.48. The van der Waals surface area contributed by atoms with Crippen molar-refractivity contribution in [2.24, 2.45) is 5.73 Å². The van der Waals surface area contributed by atoms with Crippen molar-refractivity contribution in [2.75, 3.05) is 13.1 Å². The smallest absolute Gasteiger partial charge is 0.0991 e. The van der Waals surface area contributed by atoms with Crippen LogP contribution in [-0.2, 0) is 13.0 Å². The topological polar surface area (TPSA) is 53.0 Å². The van der Waals surface area contributed by atoms with E-state index in [2.05, 4.69) is 35.2 Å². The number of benzene rings is 2. The molecule has 2 aromatic carbocycles. The maximum Gasteiger partial charge on any atom is 0.0991 e. The number of nitriles is 1. The van der Waals surface area contributed by atoms with Gasteiger partial charge in [0.15, 0.2) is 0 Å². The molecule has 0 bridgehead atoms. The van der Waals surface area contributed by atoms with E-state index < -0.39 is 0 Å². The van der Waals surface area contributed by atoms with E-state index in [1.54, 1.807) is 0 Å². The van der Waals surface area contributed by atoms with Gasteiger partial charge in [-0.1, -0.05) is 36.4 Å². The molecule has 0 aliphatic carbocycles.